The van der Waals surface area contributed by atoms with Gasteiger partial charge in [0.1, 0.15) is 6.33 Å². The second kappa shape index (κ2) is 10.4. The lowest BCUT2D eigenvalue weighted by molar-refractivity contribution is 0.102. The maximum absolute atomic E-state index is 4.74. The number of benzene rings is 1. The van der Waals surface area contributed by atoms with Crippen LogP contribution in [0.4, 0.5) is 5.69 Å². The van der Waals surface area contributed by atoms with Crippen molar-refractivity contribution in [1.29, 1.82) is 0 Å². The first-order valence-electron chi connectivity index (χ1n) is 12.1. The fourth-order valence-corrected chi connectivity index (χ4v) is 5.95. The van der Waals surface area contributed by atoms with Crippen LogP contribution in [0.15, 0.2) is 43.0 Å². The Bertz CT molecular complexity index is 1070. The van der Waals surface area contributed by atoms with Gasteiger partial charge in [0.2, 0.25) is 0 Å². The van der Waals surface area contributed by atoms with E-state index in [0.29, 0.717) is 5.92 Å². The highest BCUT2D eigenvalue weighted by molar-refractivity contribution is 7.96. The molecule has 174 valence electrons. The molecule has 3 heterocycles. The van der Waals surface area contributed by atoms with E-state index in [0.717, 1.165) is 34.8 Å². The minimum atomic E-state index is 0.713. The first-order chi connectivity index (χ1) is 16.2. The molecule has 6 nitrogen and oxygen atoms in total. The molecule has 0 amide bonds. The summed E-state index contributed by atoms with van der Waals surface area (Å²) >= 11 is 1.89. The average molecular weight is 463 g/mol. The maximum atomic E-state index is 4.74. The molecule has 1 aromatic carbocycles. The Morgan fingerprint density at radius 2 is 1.79 bits per heavy atom. The summed E-state index contributed by atoms with van der Waals surface area (Å²) in [6, 6.07) is 9.41. The Morgan fingerprint density at radius 3 is 2.55 bits per heavy atom. The van der Waals surface area contributed by atoms with E-state index < -0.39 is 0 Å². The van der Waals surface area contributed by atoms with Crippen LogP contribution < -0.4 is 5.32 Å². The van der Waals surface area contributed by atoms with Crippen molar-refractivity contribution >= 4 is 28.5 Å². The number of fused-ring (bicyclic) bond motifs is 1. The summed E-state index contributed by atoms with van der Waals surface area (Å²) in [5, 5.41) is 4.36. The van der Waals surface area contributed by atoms with Crippen LogP contribution in [-0.4, -0.2) is 69.7 Å². The highest BCUT2D eigenvalue weighted by Gasteiger charge is 2.28. The number of aromatic nitrogens is 3. The minimum absolute atomic E-state index is 0.713. The molecule has 3 aromatic rings. The molecule has 0 atom stereocenters. The van der Waals surface area contributed by atoms with Crippen molar-refractivity contribution in [2.24, 2.45) is 5.92 Å². The summed E-state index contributed by atoms with van der Waals surface area (Å²) in [6.45, 7) is 4.84. The Labute approximate surface area is 201 Å². The van der Waals surface area contributed by atoms with E-state index in [4.69, 9.17) is 4.98 Å². The lowest BCUT2D eigenvalue weighted by Gasteiger charge is -2.41. The zero-order valence-corrected chi connectivity index (χ0v) is 20.5. The van der Waals surface area contributed by atoms with Gasteiger partial charge in [0.25, 0.3) is 0 Å². The molecule has 0 radical (unpaired) electrons. The summed E-state index contributed by atoms with van der Waals surface area (Å²) in [7, 11) is 1.92. The van der Waals surface area contributed by atoms with Crippen LogP contribution in [0.5, 0.6) is 0 Å². The summed E-state index contributed by atoms with van der Waals surface area (Å²) in [4.78, 5) is 16.4. The van der Waals surface area contributed by atoms with Crippen LogP contribution in [0.2, 0.25) is 0 Å². The van der Waals surface area contributed by atoms with E-state index in [1.807, 2.05) is 31.4 Å². The minimum Gasteiger partial charge on any atom is -0.387 e. The standard InChI is InChI=1S/C26H34N6S/c1-27-22-14-21(16-28-17-22)20-5-8-25-24(15-20)26(30-18-29-25)13-19-3-6-23(7-4-19)31-9-11-32(33-2)12-10-31/h5,8,14-19,23,27H,3-4,6-7,9-13H2,1-2H3/t19-,23-. The van der Waals surface area contributed by atoms with E-state index in [1.165, 1.54) is 62.9 Å². The third kappa shape index (κ3) is 5.15. The zero-order valence-electron chi connectivity index (χ0n) is 19.7. The number of hydrogen-bond acceptors (Lipinski definition) is 7. The van der Waals surface area contributed by atoms with Crippen LogP contribution in [-0.2, 0) is 6.42 Å². The molecule has 7 heteroatoms. The van der Waals surface area contributed by atoms with Crippen LogP contribution in [0.25, 0.3) is 22.0 Å². The second-order valence-electron chi connectivity index (χ2n) is 9.29. The monoisotopic (exact) mass is 462 g/mol. The highest BCUT2D eigenvalue weighted by atomic mass is 32.2. The van der Waals surface area contributed by atoms with Gasteiger partial charge in [-0.25, -0.2) is 14.3 Å². The number of nitrogens with zero attached hydrogens (tertiary/aromatic N) is 5. The van der Waals surface area contributed by atoms with Gasteiger partial charge in [-0.05, 0) is 68.0 Å². The molecule has 1 aliphatic heterocycles. The quantitative estimate of drug-likeness (QED) is 0.532. The summed E-state index contributed by atoms with van der Waals surface area (Å²) in [5.74, 6) is 0.713. The van der Waals surface area contributed by atoms with E-state index >= 15 is 0 Å². The van der Waals surface area contributed by atoms with Gasteiger partial charge in [0.15, 0.2) is 0 Å². The third-order valence-electron chi connectivity index (χ3n) is 7.42. The Kier molecular flexibility index (Phi) is 7.09. The first-order valence-corrected chi connectivity index (χ1v) is 13.3. The molecular formula is C26H34N6S. The predicted octanol–water partition coefficient (Wildman–Crippen LogP) is 4.73. The normalized spacial score (nSPS) is 22.5. The molecule has 2 fully saturated rings. The molecular weight excluding hydrogens is 428 g/mol. The van der Waals surface area contributed by atoms with Crippen molar-refractivity contribution in [1.82, 2.24) is 24.2 Å². The first kappa shape index (κ1) is 22.6. The van der Waals surface area contributed by atoms with Gasteiger partial charge >= 0.3 is 0 Å². The van der Waals surface area contributed by atoms with E-state index in [1.54, 1.807) is 6.33 Å². The van der Waals surface area contributed by atoms with E-state index in [2.05, 4.69) is 55.0 Å². The summed E-state index contributed by atoms with van der Waals surface area (Å²) in [5.41, 5.74) is 5.51. The number of hydrogen-bond donors (Lipinski definition) is 1. The smallest absolute Gasteiger partial charge is 0.116 e. The third-order valence-corrected chi connectivity index (χ3v) is 8.31. The van der Waals surface area contributed by atoms with Crippen molar-refractivity contribution in [3.8, 4) is 11.1 Å². The van der Waals surface area contributed by atoms with Crippen LogP contribution in [0, 0.1) is 5.92 Å². The molecule has 1 saturated heterocycles. The van der Waals surface area contributed by atoms with E-state index in [-0.39, 0.29) is 0 Å². The Hall–Kier alpha value is -2.22. The SMILES string of the molecule is CNc1cncc(-c2ccc3ncnc(C[C@H]4CC[C@H](N5CCN(SC)CC5)CC4)c3c2)c1. The largest absolute Gasteiger partial charge is 0.387 e. The van der Waals surface area contributed by atoms with E-state index in [9.17, 15) is 0 Å². The molecule has 0 bridgehead atoms. The predicted molar refractivity (Wildman–Crippen MR) is 138 cm³/mol. The van der Waals surface area contributed by atoms with Crippen LogP contribution >= 0.6 is 11.9 Å². The van der Waals surface area contributed by atoms with Crippen molar-refractivity contribution in [2.75, 3.05) is 44.8 Å². The molecule has 33 heavy (non-hydrogen) atoms. The molecule has 1 saturated carbocycles. The van der Waals surface area contributed by atoms with Gasteiger partial charge in [0, 0.05) is 62.6 Å². The molecule has 5 rings (SSSR count). The second-order valence-corrected chi connectivity index (χ2v) is 10.2. The fourth-order valence-electron chi connectivity index (χ4n) is 5.43. The molecule has 0 unspecified atom stereocenters. The van der Waals surface area contributed by atoms with Gasteiger partial charge in [-0.2, -0.15) is 0 Å². The number of pyridine rings is 1. The molecule has 2 aliphatic rings. The topological polar surface area (TPSA) is 57.2 Å². The average Bonchev–Trinajstić information content (AvgIpc) is 2.89. The van der Waals surface area contributed by atoms with Gasteiger partial charge < -0.3 is 5.32 Å². The number of rotatable bonds is 6. The molecule has 1 N–H and O–H groups in total. The van der Waals surface area contributed by atoms with Crippen molar-refractivity contribution in [3.63, 3.8) is 0 Å². The molecule has 2 aromatic heterocycles. The maximum Gasteiger partial charge on any atom is 0.116 e. The zero-order chi connectivity index (χ0) is 22.6. The Balaban J connectivity index is 1.27. The van der Waals surface area contributed by atoms with Crippen LogP contribution in [0.3, 0.4) is 0 Å². The van der Waals surface area contributed by atoms with Crippen molar-refractivity contribution in [3.05, 3.63) is 48.7 Å². The van der Waals surface area contributed by atoms with Crippen LogP contribution in [0.1, 0.15) is 31.4 Å². The Morgan fingerprint density at radius 1 is 0.970 bits per heavy atom. The summed E-state index contributed by atoms with van der Waals surface area (Å²) in [6.07, 6.45) is 14.0. The highest BCUT2D eigenvalue weighted by Crippen LogP contribution is 2.33. The van der Waals surface area contributed by atoms with Gasteiger partial charge in [-0.3, -0.25) is 9.88 Å². The van der Waals surface area contributed by atoms with Gasteiger partial charge in [0.05, 0.1) is 16.9 Å². The van der Waals surface area contributed by atoms with Gasteiger partial charge in [-0.1, -0.05) is 18.0 Å². The fraction of sp³-hybridized carbons (Fsp3) is 0.500. The number of piperazine rings is 1. The van der Waals surface area contributed by atoms with Crippen molar-refractivity contribution in [2.45, 2.75) is 38.1 Å². The lowest BCUT2D eigenvalue weighted by Crippen LogP contribution is -2.49. The van der Waals surface area contributed by atoms with Crippen molar-refractivity contribution < 1.29 is 0 Å². The molecule has 1 aliphatic carbocycles. The lowest BCUT2D eigenvalue weighted by atomic mass is 9.82. The van der Waals surface area contributed by atoms with Gasteiger partial charge in [-0.15, -0.1) is 0 Å². The number of nitrogens with one attached hydrogen (secondary N) is 1. The molecule has 0 spiro atoms. The number of anilines is 1. The summed E-state index contributed by atoms with van der Waals surface area (Å²) < 4.78 is 2.49.